The number of halogens is 3. The van der Waals surface area contributed by atoms with Crippen molar-refractivity contribution < 1.29 is 27.8 Å². The Morgan fingerprint density at radius 1 is 0.952 bits per heavy atom. The molecule has 228 valence electrons. The van der Waals surface area contributed by atoms with Crippen molar-refractivity contribution in [1.82, 2.24) is 9.80 Å². The smallest absolute Gasteiger partial charge is 0.410 e. The first-order valence-electron chi connectivity index (χ1n) is 15.8. The Morgan fingerprint density at radius 2 is 1.71 bits per heavy atom. The normalized spacial score (nSPS) is 30.3. The topological polar surface area (TPSA) is 53.0 Å². The number of hydrogen-bond acceptors (Lipinski definition) is 4. The van der Waals surface area contributed by atoms with Crippen LogP contribution in [0.2, 0.25) is 0 Å². The summed E-state index contributed by atoms with van der Waals surface area (Å²) < 4.78 is 47.7. The molecule has 4 aliphatic rings. The van der Waals surface area contributed by atoms with E-state index < -0.39 is 17.2 Å². The van der Waals surface area contributed by atoms with E-state index in [1.165, 1.54) is 19.3 Å². The summed E-state index contributed by atoms with van der Waals surface area (Å²) in [5.41, 5.74) is -0.0140. The zero-order valence-corrected chi connectivity index (χ0v) is 24.4. The van der Waals surface area contributed by atoms with Crippen molar-refractivity contribution in [1.29, 1.82) is 0 Å². The second kappa shape index (κ2) is 11.8. The number of aliphatic hydroxyl groups is 1. The van der Waals surface area contributed by atoms with Crippen LogP contribution in [0.15, 0.2) is 48.5 Å². The molecule has 0 spiro atoms. The van der Waals surface area contributed by atoms with Crippen LogP contribution in [0.1, 0.15) is 80.9 Å². The van der Waals surface area contributed by atoms with Crippen molar-refractivity contribution >= 4 is 6.09 Å². The molecule has 4 atom stereocenters. The standard InChI is InChI=1S/C34H43F3N2O3/c35-34(36,37)33(41)17-16-32(22-25-9-3-1-4-10-25)27(23-33)13-12-26-21-29(14-15-30(26)32)42-31(40)39-20-8-5-11-28(39)24-38-18-6-2-7-19-38/h1,3-4,9-10,14-15,21,27-28,41H,2,5-8,11-13,16-20,22-24H2/t27?,28?,32-,33+/m0/s1. The van der Waals surface area contributed by atoms with Gasteiger partial charge in [0.25, 0.3) is 0 Å². The molecule has 2 aliphatic carbocycles. The first-order chi connectivity index (χ1) is 20.2. The Balaban J connectivity index is 1.23. The number of nitrogens with zero attached hydrogens (tertiary/aromatic N) is 2. The number of likely N-dealkylation sites (tertiary alicyclic amines) is 2. The van der Waals surface area contributed by atoms with Crippen LogP contribution in [0.4, 0.5) is 18.0 Å². The van der Waals surface area contributed by atoms with Crippen LogP contribution in [-0.4, -0.2) is 65.0 Å². The van der Waals surface area contributed by atoms with Gasteiger partial charge in [0, 0.05) is 24.5 Å². The van der Waals surface area contributed by atoms with Crippen molar-refractivity contribution in [3.05, 3.63) is 65.2 Å². The van der Waals surface area contributed by atoms with Gasteiger partial charge in [0.1, 0.15) is 5.75 Å². The summed E-state index contributed by atoms with van der Waals surface area (Å²) in [6.07, 6.45) is 3.26. The lowest BCUT2D eigenvalue weighted by atomic mass is 9.52. The van der Waals surface area contributed by atoms with Crippen LogP contribution >= 0.6 is 0 Å². The van der Waals surface area contributed by atoms with Crippen molar-refractivity contribution in [2.24, 2.45) is 5.92 Å². The fourth-order valence-corrected chi connectivity index (χ4v) is 8.30. The van der Waals surface area contributed by atoms with Crippen molar-refractivity contribution in [3.8, 4) is 5.75 Å². The minimum Gasteiger partial charge on any atom is -0.410 e. The molecule has 0 radical (unpaired) electrons. The van der Waals surface area contributed by atoms with Gasteiger partial charge < -0.3 is 19.6 Å². The van der Waals surface area contributed by atoms with E-state index in [1.807, 2.05) is 53.4 Å². The van der Waals surface area contributed by atoms with Gasteiger partial charge in [-0.2, -0.15) is 13.2 Å². The Labute approximate surface area is 247 Å². The molecular formula is C34H43F3N2O3. The minimum atomic E-state index is -4.65. The Kier molecular flexibility index (Phi) is 8.31. The number of ether oxygens (including phenoxy) is 1. The molecule has 2 aromatic rings. The van der Waals surface area contributed by atoms with Crippen molar-refractivity contribution in [3.63, 3.8) is 0 Å². The quantitative estimate of drug-likeness (QED) is 0.410. The third-order valence-electron chi connectivity index (χ3n) is 10.6. The minimum absolute atomic E-state index is 0.159. The highest BCUT2D eigenvalue weighted by atomic mass is 19.4. The first-order valence-corrected chi connectivity index (χ1v) is 15.8. The van der Waals surface area contributed by atoms with E-state index in [0.717, 1.165) is 55.6 Å². The molecule has 2 aromatic carbocycles. The van der Waals surface area contributed by atoms with E-state index in [4.69, 9.17) is 4.74 Å². The lowest BCUT2D eigenvalue weighted by Crippen LogP contribution is -2.56. The van der Waals surface area contributed by atoms with Gasteiger partial charge >= 0.3 is 12.3 Å². The van der Waals surface area contributed by atoms with Gasteiger partial charge in [0.15, 0.2) is 5.60 Å². The number of alkyl halides is 3. The van der Waals surface area contributed by atoms with E-state index in [2.05, 4.69) is 4.90 Å². The molecule has 3 fully saturated rings. The predicted octanol–water partition coefficient (Wildman–Crippen LogP) is 7.05. The Hall–Kier alpha value is -2.58. The van der Waals surface area contributed by atoms with Crippen LogP contribution in [0.3, 0.4) is 0 Å². The van der Waals surface area contributed by atoms with Gasteiger partial charge in [-0.15, -0.1) is 0 Å². The first kappa shape index (κ1) is 29.5. The maximum Gasteiger partial charge on any atom is 0.417 e. The SMILES string of the molecule is O=C(Oc1ccc2c(c1)CCC1C[C@@](O)(C(F)(F)F)CC[C@@]21Cc1ccccc1)N1CCCCC1CN1CCCCC1. The Bertz CT molecular complexity index is 1250. The maximum atomic E-state index is 13.9. The summed E-state index contributed by atoms with van der Waals surface area (Å²) in [6, 6.07) is 15.8. The summed E-state index contributed by atoms with van der Waals surface area (Å²) in [5, 5.41) is 10.7. The number of fused-ring (bicyclic) bond motifs is 3. The van der Waals surface area contributed by atoms with E-state index >= 15 is 0 Å². The van der Waals surface area contributed by atoms with Crippen molar-refractivity contribution in [2.45, 2.75) is 100 Å². The highest BCUT2D eigenvalue weighted by Crippen LogP contribution is 2.57. The third kappa shape index (κ3) is 5.81. The molecule has 1 saturated carbocycles. The highest BCUT2D eigenvalue weighted by Gasteiger charge is 2.61. The number of aryl methyl sites for hydroxylation is 1. The maximum absolute atomic E-state index is 13.9. The van der Waals surface area contributed by atoms with Crippen LogP contribution in [0, 0.1) is 5.92 Å². The molecule has 2 heterocycles. The monoisotopic (exact) mass is 584 g/mol. The molecule has 1 N–H and O–H groups in total. The molecule has 42 heavy (non-hydrogen) atoms. The average molecular weight is 585 g/mol. The van der Waals surface area contributed by atoms with Gasteiger partial charge in [0.2, 0.25) is 0 Å². The second-order valence-electron chi connectivity index (χ2n) is 13.2. The number of carbonyl (C=O) groups is 1. The highest BCUT2D eigenvalue weighted by molar-refractivity contribution is 5.71. The van der Waals surface area contributed by atoms with Crippen LogP contribution in [0.25, 0.3) is 0 Å². The zero-order chi connectivity index (χ0) is 29.4. The van der Waals surface area contributed by atoms with E-state index in [0.29, 0.717) is 31.6 Å². The average Bonchev–Trinajstić information content (AvgIpc) is 2.98. The molecule has 1 amide bonds. The van der Waals surface area contributed by atoms with Gasteiger partial charge in [-0.1, -0.05) is 42.8 Å². The number of rotatable bonds is 5. The molecule has 8 heteroatoms. The lowest BCUT2D eigenvalue weighted by Gasteiger charge is -2.53. The molecule has 0 bridgehead atoms. The number of hydrogen-bond donors (Lipinski definition) is 1. The molecular weight excluding hydrogens is 541 g/mol. The fraction of sp³-hybridized carbons (Fsp3) is 0.618. The molecule has 2 unspecified atom stereocenters. The largest absolute Gasteiger partial charge is 0.417 e. The number of benzene rings is 2. The van der Waals surface area contributed by atoms with Gasteiger partial charge in [-0.05, 0) is 118 Å². The number of amides is 1. The third-order valence-corrected chi connectivity index (χ3v) is 10.6. The van der Waals surface area contributed by atoms with Crippen LogP contribution in [0.5, 0.6) is 5.75 Å². The number of piperidine rings is 2. The van der Waals surface area contributed by atoms with Crippen LogP contribution in [-0.2, 0) is 18.3 Å². The second-order valence-corrected chi connectivity index (χ2v) is 13.2. The fourth-order valence-electron chi connectivity index (χ4n) is 8.30. The van der Waals surface area contributed by atoms with Crippen molar-refractivity contribution in [2.75, 3.05) is 26.2 Å². The van der Waals surface area contributed by atoms with Gasteiger partial charge in [-0.3, -0.25) is 0 Å². The molecule has 2 saturated heterocycles. The van der Waals surface area contributed by atoms with Gasteiger partial charge in [0.05, 0.1) is 0 Å². The number of carbonyl (C=O) groups excluding carboxylic acids is 1. The molecule has 0 aromatic heterocycles. The summed E-state index contributed by atoms with van der Waals surface area (Å²) in [7, 11) is 0. The van der Waals surface area contributed by atoms with E-state index in [1.54, 1.807) is 0 Å². The molecule has 5 nitrogen and oxygen atoms in total. The predicted molar refractivity (Wildman–Crippen MR) is 156 cm³/mol. The summed E-state index contributed by atoms with van der Waals surface area (Å²) in [6.45, 7) is 3.78. The lowest BCUT2D eigenvalue weighted by molar-refractivity contribution is -0.279. The van der Waals surface area contributed by atoms with Gasteiger partial charge in [-0.25, -0.2) is 4.79 Å². The summed E-state index contributed by atoms with van der Waals surface area (Å²) in [4.78, 5) is 17.8. The van der Waals surface area contributed by atoms with Crippen LogP contribution < -0.4 is 4.74 Å². The molecule has 6 rings (SSSR count). The van der Waals surface area contributed by atoms with E-state index in [-0.39, 0.29) is 37.3 Å². The molecule has 2 aliphatic heterocycles. The summed E-state index contributed by atoms with van der Waals surface area (Å²) in [5.74, 6) is 0.194. The summed E-state index contributed by atoms with van der Waals surface area (Å²) >= 11 is 0. The zero-order valence-electron chi connectivity index (χ0n) is 24.4. The van der Waals surface area contributed by atoms with E-state index in [9.17, 15) is 23.1 Å². The Morgan fingerprint density at radius 3 is 2.48 bits per heavy atom.